The number of nitrogens with one attached hydrogen (secondary N) is 1. The Morgan fingerprint density at radius 1 is 0.886 bits per heavy atom. The number of carbonyl (C=O) groups excluding carboxylic acids is 1. The van der Waals surface area contributed by atoms with Crippen LogP contribution in [-0.4, -0.2) is 61.3 Å². The second-order valence-corrected chi connectivity index (χ2v) is 10.1. The van der Waals surface area contributed by atoms with Crippen molar-refractivity contribution in [3.05, 3.63) is 71.8 Å². The first kappa shape index (κ1) is 28.8. The van der Waals surface area contributed by atoms with E-state index in [2.05, 4.69) is 34.5 Å². The van der Waals surface area contributed by atoms with Crippen LogP contribution >= 0.6 is 0 Å². The Balaban J connectivity index is 1.77. The van der Waals surface area contributed by atoms with Gasteiger partial charge in [0.1, 0.15) is 11.8 Å². The van der Waals surface area contributed by atoms with Crippen LogP contribution in [0, 0.1) is 0 Å². The average Bonchev–Trinajstić information content (AvgIpc) is 2.78. The molecule has 194 valence electrons. The first-order valence-electron chi connectivity index (χ1n) is 12.2. The topological polar surface area (TPSA) is 60.0 Å². The Morgan fingerprint density at radius 3 is 1.94 bits per heavy atom. The summed E-state index contributed by atoms with van der Waals surface area (Å²) in [5.41, 5.74) is 0.778. The summed E-state index contributed by atoms with van der Waals surface area (Å²) < 4.78 is 31.9. The summed E-state index contributed by atoms with van der Waals surface area (Å²) in [5.74, 6) is 0. The van der Waals surface area contributed by atoms with E-state index in [0.717, 1.165) is 11.1 Å². The quantitative estimate of drug-likeness (QED) is 0.363. The SMILES string of the molecule is CC(C)(C)OC(=O)NCCOCCOC(C)(C)C(F)CN(Cc1ccccc1)Cc1ccccc1. The summed E-state index contributed by atoms with van der Waals surface area (Å²) in [4.78, 5) is 13.7. The molecule has 0 heterocycles. The van der Waals surface area contributed by atoms with Crippen molar-refractivity contribution in [2.24, 2.45) is 0 Å². The third kappa shape index (κ3) is 12.2. The average molecular weight is 489 g/mol. The van der Waals surface area contributed by atoms with Crippen molar-refractivity contribution in [3.8, 4) is 0 Å². The second kappa shape index (κ2) is 14.2. The summed E-state index contributed by atoms with van der Waals surface area (Å²) in [6, 6.07) is 20.2. The van der Waals surface area contributed by atoms with Gasteiger partial charge in [-0.05, 0) is 45.7 Å². The van der Waals surface area contributed by atoms with Gasteiger partial charge < -0.3 is 19.5 Å². The Hall–Kier alpha value is -2.48. The van der Waals surface area contributed by atoms with E-state index in [1.807, 2.05) is 57.2 Å². The Bertz CT molecular complexity index is 815. The largest absolute Gasteiger partial charge is 0.444 e. The molecular weight excluding hydrogens is 447 g/mol. The third-order valence-electron chi connectivity index (χ3n) is 5.29. The van der Waals surface area contributed by atoms with Crippen LogP contribution in [0.3, 0.4) is 0 Å². The number of amides is 1. The molecule has 2 rings (SSSR count). The number of alkyl halides is 1. The smallest absolute Gasteiger partial charge is 0.407 e. The van der Waals surface area contributed by atoms with Gasteiger partial charge in [0.15, 0.2) is 0 Å². The zero-order valence-corrected chi connectivity index (χ0v) is 21.8. The molecule has 7 heteroatoms. The summed E-state index contributed by atoms with van der Waals surface area (Å²) in [5, 5.41) is 2.63. The number of ether oxygens (including phenoxy) is 3. The Morgan fingerprint density at radius 2 is 1.43 bits per heavy atom. The van der Waals surface area contributed by atoms with Crippen LogP contribution in [0.1, 0.15) is 45.7 Å². The van der Waals surface area contributed by atoms with Gasteiger partial charge in [-0.15, -0.1) is 0 Å². The fourth-order valence-electron chi connectivity index (χ4n) is 3.41. The molecule has 6 nitrogen and oxygen atoms in total. The zero-order chi connectivity index (χ0) is 25.7. The van der Waals surface area contributed by atoms with Gasteiger partial charge in [-0.25, -0.2) is 9.18 Å². The first-order chi connectivity index (χ1) is 16.5. The van der Waals surface area contributed by atoms with Gasteiger partial charge in [0, 0.05) is 26.2 Å². The van der Waals surface area contributed by atoms with Crippen molar-refractivity contribution in [1.29, 1.82) is 0 Å². The van der Waals surface area contributed by atoms with Crippen molar-refractivity contribution in [2.75, 3.05) is 32.9 Å². The minimum absolute atomic E-state index is 0.247. The molecule has 0 spiro atoms. The maximum absolute atomic E-state index is 15.4. The lowest BCUT2D eigenvalue weighted by atomic mass is 10.0. The number of hydrogen-bond acceptors (Lipinski definition) is 5. The van der Waals surface area contributed by atoms with Gasteiger partial charge in [-0.1, -0.05) is 60.7 Å². The van der Waals surface area contributed by atoms with Crippen molar-refractivity contribution in [1.82, 2.24) is 10.2 Å². The molecule has 0 aliphatic carbocycles. The molecule has 0 aliphatic rings. The molecule has 2 aromatic carbocycles. The molecule has 1 N–H and O–H groups in total. The maximum atomic E-state index is 15.4. The highest BCUT2D eigenvalue weighted by atomic mass is 19.1. The highest BCUT2D eigenvalue weighted by molar-refractivity contribution is 5.67. The van der Waals surface area contributed by atoms with Crippen molar-refractivity contribution in [3.63, 3.8) is 0 Å². The van der Waals surface area contributed by atoms with E-state index >= 15 is 4.39 Å². The van der Waals surface area contributed by atoms with Crippen molar-refractivity contribution >= 4 is 6.09 Å². The highest BCUT2D eigenvalue weighted by Crippen LogP contribution is 2.21. The fourth-order valence-corrected chi connectivity index (χ4v) is 3.41. The van der Waals surface area contributed by atoms with Gasteiger partial charge in [0.2, 0.25) is 0 Å². The third-order valence-corrected chi connectivity index (χ3v) is 5.29. The molecule has 0 aromatic heterocycles. The summed E-state index contributed by atoms with van der Waals surface area (Å²) >= 11 is 0. The van der Waals surface area contributed by atoms with Gasteiger partial charge >= 0.3 is 6.09 Å². The van der Waals surface area contributed by atoms with Crippen LogP contribution in [-0.2, 0) is 27.3 Å². The lowest BCUT2D eigenvalue weighted by Gasteiger charge is -2.33. The lowest BCUT2D eigenvalue weighted by molar-refractivity contribution is -0.0947. The minimum Gasteiger partial charge on any atom is -0.444 e. The Labute approximate surface area is 209 Å². The van der Waals surface area contributed by atoms with E-state index in [9.17, 15) is 4.79 Å². The van der Waals surface area contributed by atoms with Crippen LogP contribution in [0.2, 0.25) is 0 Å². The number of rotatable bonds is 14. The molecule has 0 aliphatic heterocycles. The molecule has 0 saturated heterocycles. The zero-order valence-electron chi connectivity index (χ0n) is 21.8. The lowest BCUT2D eigenvalue weighted by Crippen LogP contribution is -2.44. The number of halogens is 1. The molecule has 2 aromatic rings. The predicted octanol–water partition coefficient (Wildman–Crippen LogP) is 5.36. The van der Waals surface area contributed by atoms with E-state index < -0.39 is 23.5 Å². The van der Waals surface area contributed by atoms with Gasteiger partial charge in [-0.3, -0.25) is 4.90 Å². The van der Waals surface area contributed by atoms with Crippen LogP contribution in [0.5, 0.6) is 0 Å². The molecular formula is C28H41FN2O4. The molecule has 0 fully saturated rings. The van der Waals surface area contributed by atoms with Crippen LogP contribution in [0.15, 0.2) is 60.7 Å². The normalized spacial score (nSPS) is 13.0. The van der Waals surface area contributed by atoms with Crippen LogP contribution in [0.4, 0.5) is 9.18 Å². The fraction of sp³-hybridized carbons (Fsp3) is 0.536. The standard InChI is InChI=1S/C28H41FN2O4/c1-27(2,3)35-26(32)30-16-17-33-18-19-34-28(4,5)25(29)22-31(20-23-12-8-6-9-13-23)21-24-14-10-7-11-15-24/h6-15,25H,16-22H2,1-5H3,(H,30,32). The van der Waals surface area contributed by atoms with Crippen molar-refractivity contribution < 1.29 is 23.4 Å². The monoisotopic (exact) mass is 488 g/mol. The molecule has 1 amide bonds. The van der Waals surface area contributed by atoms with E-state index in [1.54, 1.807) is 13.8 Å². The van der Waals surface area contributed by atoms with Gasteiger partial charge in [-0.2, -0.15) is 0 Å². The Kier molecular flexibility index (Phi) is 11.6. The van der Waals surface area contributed by atoms with E-state index in [0.29, 0.717) is 32.8 Å². The summed E-state index contributed by atoms with van der Waals surface area (Å²) in [6.07, 6.45) is -1.67. The van der Waals surface area contributed by atoms with Crippen LogP contribution in [0.25, 0.3) is 0 Å². The van der Waals surface area contributed by atoms with E-state index in [-0.39, 0.29) is 13.2 Å². The number of hydrogen-bond donors (Lipinski definition) is 1. The molecule has 35 heavy (non-hydrogen) atoms. The molecule has 0 radical (unpaired) electrons. The van der Waals surface area contributed by atoms with Crippen LogP contribution < -0.4 is 5.32 Å². The molecule has 1 atom stereocenters. The first-order valence-corrected chi connectivity index (χ1v) is 12.2. The van der Waals surface area contributed by atoms with Crippen molar-refractivity contribution in [2.45, 2.75) is 65.1 Å². The predicted molar refractivity (Wildman–Crippen MR) is 137 cm³/mol. The summed E-state index contributed by atoms with van der Waals surface area (Å²) in [6.45, 7) is 11.7. The molecule has 0 saturated carbocycles. The van der Waals surface area contributed by atoms with Gasteiger partial charge in [0.25, 0.3) is 0 Å². The number of benzene rings is 2. The van der Waals surface area contributed by atoms with E-state index in [1.165, 1.54) is 0 Å². The summed E-state index contributed by atoms with van der Waals surface area (Å²) in [7, 11) is 0. The highest BCUT2D eigenvalue weighted by Gasteiger charge is 2.32. The second-order valence-electron chi connectivity index (χ2n) is 10.1. The van der Waals surface area contributed by atoms with Gasteiger partial charge in [0.05, 0.1) is 25.4 Å². The minimum atomic E-state index is -1.19. The number of carbonyl (C=O) groups is 1. The number of alkyl carbamates (subject to hydrolysis) is 1. The number of nitrogens with zero attached hydrogens (tertiary/aromatic N) is 1. The maximum Gasteiger partial charge on any atom is 0.407 e. The molecule has 0 bridgehead atoms. The van der Waals surface area contributed by atoms with E-state index in [4.69, 9.17) is 14.2 Å². The molecule has 1 unspecified atom stereocenters.